The summed E-state index contributed by atoms with van der Waals surface area (Å²) in [4.78, 5) is 4.28. The van der Waals surface area contributed by atoms with E-state index in [4.69, 9.17) is 10.5 Å². The van der Waals surface area contributed by atoms with Crippen molar-refractivity contribution in [3.05, 3.63) is 59.7 Å². The molecule has 0 saturated heterocycles. The van der Waals surface area contributed by atoms with Gasteiger partial charge < -0.3 is 10.5 Å². The molecule has 90 valence electrons. The second-order valence-corrected chi connectivity index (χ2v) is 4.31. The Morgan fingerprint density at radius 3 is 2.72 bits per heavy atom. The second-order valence-electron chi connectivity index (χ2n) is 4.31. The van der Waals surface area contributed by atoms with Gasteiger partial charge in [-0.2, -0.15) is 0 Å². The maximum atomic E-state index is 5.85. The quantitative estimate of drug-likeness (QED) is 0.893. The Morgan fingerprint density at radius 2 is 1.89 bits per heavy atom. The highest BCUT2D eigenvalue weighted by molar-refractivity contribution is 5.91. The highest BCUT2D eigenvalue weighted by Crippen LogP contribution is 2.33. The van der Waals surface area contributed by atoms with Crippen molar-refractivity contribution >= 4 is 11.5 Å². The molecular weight excluding hydrogens is 224 g/mol. The average Bonchev–Trinajstić information content (AvgIpc) is 2.78. The Kier molecular flexibility index (Phi) is 2.73. The Morgan fingerprint density at radius 1 is 1.06 bits per heavy atom. The number of nitrogens with two attached hydrogens (primary N) is 1. The van der Waals surface area contributed by atoms with Crippen molar-refractivity contribution < 1.29 is 4.74 Å². The zero-order valence-electron chi connectivity index (χ0n) is 9.97. The predicted octanol–water partition coefficient (Wildman–Crippen LogP) is 2.81. The lowest BCUT2D eigenvalue weighted by atomic mass is 10.1. The molecule has 2 aromatic carbocycles. The maximum absolute atomic E-state index is 5.85. The summed E-state index contributed by atoms with van der Waals surface area (Å²) in [6.07, 6.45) is 0.681. The van der Waals surface area contributed by atoms with Crippen LogP contribution in [0.5, 0.6) is 5.75 Å². The van der Waals surface area contributed by atoms with Gasteiger partial charge in [0, 0.05) is 12.0 Å². The molecule has 0 radical (unpaired) electrons. The molecule has 1 aliphatic heterocycles. The van der Waals surface area contributed by atoms with E-state index in [0.29, 0.717) is 18.9 Å². The summed E-state index contributed by atoms with van der Waals surface area (Å²) < 4.78 is 5.85. The monoisotopic (exact) mass is 238 g/mol. The Balaban J connectivity index is 1.78. The smallest absolute Gasteiger partial charge is 0.125 e. The molecule has 1 heterocycles. The van der Waals surface area contributed by atoms with Crippen LogP contribution in [0.25, 0.3) is 0 Å². The molecule has 18 heavy (non-hydrogen) atoms. The van der Waals surface area contributed by atoms with Crippen LogP contribution in [0.3, 0.4) is 0 Å². The van der Waals surface area contributed by atoms with Gasteiger partial charge in [0.05, 0.1) is 5.69 Å². The zero-order chi connectivity index (χ0) is 12.4. The first kappa shape index (κ1) is 10.8. The van der Waals surface area contributed by atoms with Crippen molar-refractivity contribution in [3.63, 3.8) is 0 Å². The molecule has 0 aliphatic carbocycles. The van der Waals surface area contributed by atoms with Crippen LogP contribution in [-0.2, 0) is 13.0 Å². The first-order valence-corrected chi connectivity index (χ1v) is 5.94. The summed E-state index contributed by atoms with van der Waals surface area (Å²) in [5, 5.41) is 0. The van der Waals surface area contributed by atoms with Crippen LogP contribution in [0.15, 0.2) is 53.5 Å². The van der Waals surface area contributed by atoms with Gasteiger partial charge in [0.1, 0.15) is 18.2 Å². The Hall–Kier alpha value is -2.29. The topological polar surface area (TPSA) is 47.6 Å². The summed E-state index contributed by atoms with van der Waals surface area (Å²) in [5.74, 6) is 1.53. The molecule has 0 fully saturated rings. The highest BCUT2D eigenvalue weighted by atomic mass is 16.5. The van der Waals surface area contributed by atoms with E-state index in [0.717, 1.165) is 22.6 Å². The van der Waals surface area contributed by atoms with E-state index in [9.17, 15) is 0 Å². The number of amidine groups is 1. The molecule has 0 saturated carbocycles. The highest BCUT2D eigenvalue weighted by Gasteiger charge is 2.16. The van der Waals surface area contributed by atoms with E-state index in [-0.39, 0.29) is 0 Å². The minimum Gasteiger partial charge on any atom is -0.489 e. The number of fused-ring (bicyclic) bond motifs is 1. The number of nitrogens with zero attached hydrogens (tertiary/aromatic N) is 1. The van der Waals surface area contributed by atoms with Gasteiger partial charge in [0.25, 0.3) is 0 Å². The molecule has 0 unspecified atom stereocenters. The van der Waals surface area contributed by atoms with E-state index in [1.165, 1.54) is 0 Å². The van der Waals surface area contributed by atoms with Crippen LogP contribution in [0.1, 0.15) is 11.1 Å². The van der Waals surface area contributed by atoms with Gasteiger partial charge in [0.2, 0.25) is 0 Å². The van der Waals surface area contributed by atoms with E-state index >= 15 is 0 Å². The number of benzene rings is 2. The summed E-state index contributed by atoms with van der Waals surface area (Å²) in [6, 6.07) is 16.0. The molecule has 0 bridgehead atoms. The van der Waals surface area contributed by atoms with E-state index < -0.39 is 0 Å². The maximum Gasteiger partial charge on any atom is 0.125 e. The molecular formula is C15H14N2O. The second kappa shape index (κ2) is 4.53. The lowest BCUT2D eigenvalue weighted by molar-refractivity contribution is 0.304. The lowest BCUT2D eigenvalue weighted by Gasteiger charge is -2.10. The van der Waals surface area contributed by atoms with Crippen LogP contribution in [0.4, 0.5) is 5.69 Å². The third-order valence-corrected chi connectivity index (χ3v) is 2.97. The predicted molar refractivity (Wildman–Crippen MR) is 72.2 cm³/mol. The van der Waals surface area contributed by atoms with Crippen LogP contribution in [0, 0.1) is 0 Å². The van der Waals surface area contributed by atoms with Crippen LogP contribution in [0.2, 0.25) is 0 Å². The molecule has 3 heteroatoms. The Bertz CT molecular complexity index is 591. The molecule has 0 amide bonds. The fourth-order valence-corrected chi connectivity index (χ4v) is 2.08. The van der Waals surface area contributed by atoms with Gasteiger partial charge in [-0.3, -0.25) is 0 Å². The van der Waals surface area contributed by atoms with Gasteiger partial charge >= 0.3 is 0 Å². The van der Waals surface area contributed by atoms with E-state index in [1.54, 1.807) is 0 Å². The number of ether oxygens (including phenoxy) is 1. The molecule has 0 atom stereocenters. The number of hydrogen-bond donors (Lipinski definition) is 1. The Labute approximate surface area is 106 Å². The molecule has 1 aliphatic rings. The molecule has 2 aromatic rings. The summed E-state index contributed by atoms with van der Waals surface area (Å²) in [5.41, 5.74) is 8.93. The molecule has 2 N–H and O–H groups in total. The minimum atomic E-state index is 0.567. The third kappa shape index (κ3) is 2.07. The molecule has 0 spiro atoms. The van der Waals surface area contributed by atoms with Crippen LogP contribution < -0.4 is 10.5 Å². The van der Waals surface area contributed by atoms with Gasteiger partial charge in [-0.25, -0.2) is 4.99 Å². The van der Waals surface area contributed by atoms with Gasteiger partial charge in [-0.05, 0) is 17.7 Å². The standard InChI is InChI=1S/C15H14N2O/c16-15-9-12-13(17-15)7-4-8-14(12)18-10-11-5-2-1-3-6-11/h1-8H,9-10H2,(H2,16,17). The van der Waals surface area contributed by atoms with E-state index in [2.05, 4.69) is 4.99 Å². The minimum absolute atomic E-state index is 0.567. The molecule has 3 rings (SSSR count). The van der Waals surface area contributed by atoms with Gasteiger partial charge in [0.15, 0.2) is 0 Å². The first-order valence-electron chi connectivity index (χ1n) is 5.94. The van der Waals surface area contributed by atoms with Crippen molar-refractivity contribution in [1.29, 1.82) is 0 Å². The average molecular weight is 238 g/mol. The number of aliphatic imine (C=N–C) groups is 1. The molecule has 3 nitrogen and oxygen atoms in total. The van der Waals surface area contributed by atoms with Crippen molar-refractivity contribution in [1.82, 2.24) is 0 Å². The van der Waals surface area contributed by atoms with E-state index in [1.807, 2.05) is 48.5 Å². The van der Waals surface area contributed by atoms with Crippen molar-refractivity contribution in [2.24, 2.45) is 10.7 Å². The summed E-state index contributed by atoms with van der Waals surface area (Å²) in [6.45, 7) is 0.567. The van der Waals surface area contributed by atoms with Crippen molar-refractivity contribution in [3.8, 4) is 5.75 Å². The summed E-state index contributed by atoms with van der Waals surface area (Å²) >= 11 is 0. The van der Waals surface area contributed by atoms with Crippen molar-refractivity contribution in [2.75, 3.05) is 0 Å². The lowest BCUT2D eigenvalue weighted by Crippen LogP contribution is -2.10. The largest absolute Gasteiger partial charge is 0.489 e. The number of hydrogen-bond acceptors (Lipinski definition) is 3. The summed E-state index contributed by atoms with van der Waals surface area (Å²) in [7, 11) is 0. The fraction of sp³-hybridized carbons (Fsp3) is 0.133. The van der Waals surface area contributed by atoms with Crippen LogP contribution >= 0.6 is 0 Å². The fourth-order valence-electron chi connectivity index (χ4n) is 2.08. The zero-order valence-corrected chi connectivity index (χ0v) is 9.97. The SMILES string of the molecule is NC1=Nc2cccc(OCc3ccccc3)c2C1. The van der Waals surface area contributed by atoms with Gasteiger partial charge in [-0.1, -0.05) is 36.4 Å². The number of rotatable bonds is 3. The third-order valence-electron chi connectivity index (χ3n) is 2.97. The molecule has 0 aromatic heterocycles. The normalized spacial score (nSPS) is 13.0. The van der Waals surface area contributed by atoms with Crippen LogP contribution in [-0.4, -0.2) is 5.84 Å². The first-order chi connectivity index (χ1) is 8.83. The van der Waals surface area contributed by atoms with Crippen molar-refractivity contribution in [2.45, 2.75) is 13.0 Å². The van der Waals surface area contributed by atoms with Gasteiger partial charge in [-0.15, -0.1) is 0 Å².